The minimum atomic E-state index is -10.7. The molecule has 0 saturated carbocycles. The van der Waals surface area contributed by atoms with Crippen LogP contribution in [0.3, 0.4) is 0 Å². The normalized spacial score (nSPS) is 12.8. The molecule has 1 N–H and O–H groups in total. The molecule has 0 amide bonds. The van der Waals surface area contributed by atoms with Crippen LogP contribution in [0.4, 0.5) is 25.2 Å². The number of rotatable bonds is 7. The van der Waals surface area contributed by atoms with Gasteiger partial charge in [-0.05, 0) is 77.9 Å². The van der Waals surface area contributed by atoms with E-state index in [0.717, 1.165) is 15.4 Å². The van der Waals surface area contributed by atoms with Crippen LogP contribution in [-0.4, -0.2) is 10.6 Å². The smallest absolute Gasteiger partial charge is 0.273 e. The van der Waals surface area contributed by atoms with E-state index in [0.29, 0.717) is 10.6 Å². The van der Waals surface area contributed by atoms with Crippen molar-refractivity contribution < 1.29 is 30.0 Å². The predicted molar refractivity (Wildman–Crippen MR) is 163 cm³/mol. The molecule has 0 aliphatic carbocycles. The standard InChI is InChI=1S/C31H21ClOS2.F6P/c32-30-20-19-28(21-29(30)31(33)24-7-3-1-4-8-24)35-27-17-13-23(14-18-27)22-11-15-26(16-12-22)34-25-9-5-2-6-10-25;1-7(2,3,4,5)6/h1-21H;/q;-1/p+1. The minimum absolute atomic E-state index is 0.183. The summed E-state index contributed by atoms with van der Waals surface area (Å²) in [5, 5.41) is 0.528. The summed E-state index contributed by atoms with van der Waals surface area (Å²) in [5.74, 6) is 0.183. The Hall–Kier alpha value is -3.23. The van der Waals surface area contributed by atoms with E-state index in [4.69, 9.17) is 11.6 Å². The molecule has 5 aromatic carbocycles. The summed E-state index contributed by atoms with van der Waals surface area (Å²) in [6, 6.07) is 42.8. The molecule has 1 nitrogen and oxygen atoms in total. The molecule has 0 bridgehead atoms. The van der Waals surface area contributed by atoms with Crippen molar-refractivity contribution in [2.75, 3.05) is 0 Å². The first-order chi connectivity index (χ1) is 19.6. The van der Waals surface area contributed by atoms with E-state index in [2.05, 4.69) is 72.8 Å². The van der Waals surface area contributed by atoms with Gasteiger partial charge in [0.2, 0.25) is 0 Å². The molecule has 0 saturated heterocycles. The molecule has 0 fully saturated rings. The molecule has 0 unspecified atom stereocenters. The van der Waals surface area contributed by atoms with Crippen LogP contribution in [0.5, 0.6) is 0 Å². The Morgan fingerprint density at radius 2 is 0.905 bits per heavy atom. The first kappa shape index (κ1) is 31.7. The number of halogens is 7. The van der Waals surface area contributed by atoms with Gasteiger partial charge in [-0.25, -0.2) is 0 Å². The Balaban J connectivity index is 0.000000517. The molecular formula is C31H22ClF6OPS2. The number of hydrogen-bond donors (Lipinski definition) is 0. The van der Waals surface area contributed by atoms with Gasteiger partial charge in [-0.1, -0.05) is 95.8 Å². The molecule has 5 rings (SSSR count). The fraction of sp³-hybridized carbons (Fsp3) is 0. The van der Waals surface area contributed by atoms with Gasteiger partial charge in [0.05, 0.1) is 16.1 Å². The van der Waals surface area contributed by atoms with Crippen molar-refractivity contribution in [3.63, 3.8) is 0 Å². The maximum absolute atomic E-state index is 10.7. The number of carbonyl (C=O) groups excluding carboxylic acids is 1. The summed E-state index contributed by atoms with van der Waals surface area (Å²) in [6.07, 6.45) is 0. The molecule has 0 aliphatic rings. The number of benzene rings is 5. The third-order valence-electron chi connectivity index (χ3n) is 5.50. The summed E-state index contributed by atoms with van der Waals surface area (Å²) < 4.78 is 59.2. The van der Waals surface area contributed by atoms with Gasteiger partial charge in [-0.3, -0.25) is 4.79 Å². The van der Waals surface area contributed by atoms with E-state index in [1.807, 2.05) is 54.6 Å². The van der Waals surface area contributed by atoms with E-state index < -0.39 is 7.81 Å². The number of ketones is 1. The Labute approximate surface area is 252 Å². The van der Waals surface area contributed by atoms with Gasteiger partial charge in [0.1, 0.15) is 0 Å². The van der Waals surface area contributed by atoms with Crippen molar-refractivity contribution in [3.8, 4) is 11.1 Å². The van der Waals surface area contributed by atoms with Crippen molar-refractivity contribution in [1.29, 1.82) is 0 Å². The molecule has 218 valence electrons. The molecule has 5 aromatic rings. The molecule has 0 spiro atoms. The zero-order valence-electron chi connectivity index (χ0n) is 21.5. The molecule has 0 aliphatic heterocycles. The summed E-state index contributed by atoms with van der Waals surface area (Å²) in [6.45, 7) is 0. The van der Waals surface area contributed by atoms with Crippen molar-refractivity contribution in [1.82, 2.24) is 0 Å². The molecular weight excluding hydrogens is 633 g/mol. The fourth-order valence-electron chi connectivity index (χ4n) is 3.69. The Bertz CT molecular complexity index is 1660. The number of hydrogen-bond acceptors (Lipinski definition) is 2. The van der Waals surface area contributed by atoms with Gasteiger partial charge in [0.15, 0.2) is 0 Å². The van der Waals surface area contributed by atoms with Gasteiger partial charge in [-0.15, -0.1) is 0 Å². The molecule has 42 heavy (non-hydrogen) atoms. The first-order valence-electron chi connectivity index (χ1n) is 12.2. The van der Waals surface area contributed by atoms with Crippen LogP contribution >= 0.6 is 42.9 Å². The first-order valence-corrected chi connectivity index (χ1v) is 16.2. The van der Waals surface area contributed by atoms with E-state index in [9.17, 15) is 30.0 Å². The summed E-state index contributed by atoms with van der Waals surface area (Å²) in [4.78, 5) is 15.3. The van der Waals surface area contributed by atoms with Crippen LogP contribution in [0.1, 0.15) is 11.1 Å². The quantitative estimate of drug-likeness (QED) is 0.0754. The monoisotopic (exact) mass is 654 g/mol. The van der Waals surface area contributed by atoms with Crippen LogP contribution in [0.25, 0.3) is 11.1 Å². The maximum Gasteiger partial charge on any atom is 0.355 e. The zero-order chi connectivity index (χ0) is 30.4. The van der Waals surface area contributed by atoms with Gasteiger partial charge in [0, 0.05) is 19.6 Å². The second kappa shape index (κ2) is 12.2. The Kier molecular flexibility index (Phi) is 9.19. The van der Waals surface area contributed by atoms with Gasteiger partial charge < -0.3 is 0 Å². The topological polar surface area (TPSA) is 21.4 Å². The molecule has 0 atom stereocenters. The van der Waals surface area contributed by atoms with Crippen molar-refractivity contribution >= 4 is 48.7 Å². The molecule has 0 aromatic heterocycles. The average molecular weight is 655 g/mol. The molecule has 11 heteroatoms. The molecule has 0 radical (unpaired) electrons. The van der Waals surface area contributed by atoms with Crippen LogP contribution in [0.15, 0.2) is 147 Å². The second-order valence-corrected chi connectivity index (χ2v) is 13.5. The van der Waals surface area contributed by atoms with Gasteiger partial charge in [-0.2, -0.15) is 0 Å². The van der Waals surface area contributed by atoms with Crippen molar-refractivity contribution in [2.24, 2.45) is 0 Å². The van der Waals surface area contributed by atoms with Crippen molar-refractivity contribution in [2.45, 2.75) is 19.6 Å². The van der Waals surface area contributed by atoms with E-state index >= 15 is 0 Å². The minimum Gasteiger partial charge on any atom is -0.273 e. The van der Waals surface area contributed by atoms with E-state index in [-0.39, 0.29) is 5.78 Å². The summed E-state index contributed by atoms with van der Waals surface area (Å²) in [7, 11) is -10.7. The summed E-state index contributed by atoms with van der Waals surface area (Å²) in [5.41, 5.74) is 3.75. The fourth-order valence-corrected chi connectivity index (χ4v) is 5.59. The SMILES string of the molecule is F[P-](F)(F)(F)(F)F.[OH+]=C(c1ccccc1)c1cc(Sc2ccc(-c3ccc(Sc4ccccc4)cc3)cc2)ccc1Cl. The van der Waals surface area contributed by atoms with Crippen molar-refractivity contribution in [3.05, 3.63) is 144 Å². The molecule has 0 heterocycles. The van der Waals surface area contributed by atoms with Gasteiger partial charge >= 0.3 is 38.8 Å². The van der Waals surface area contributed by atoms with E-state index in [1.165, 1.54) is 20.9 Å². The third-order valence-corrected chi connectivity index (χ3v) is 7.84. The maximum atomic E-state index is 10.7. The van der Waals surface area contributed by atoms with Crippen LogP contribution < -0.4 is 0 Å². The predicted octanol–water partition coefficient (Wildman–Crippen LogP) is 12.6. The zero-order valence-corrected chi connectivity index (χ0v) is 24.8. The Morgan fingerprint density at radius 1 is 0.524 bits per heavy atom. The Morgan fingerprint density at radius 3 is 1.38 bits per heavy atom. The summed E-state index contributed by atoms with van der Waals surface area (Å²) >= 11 is 9.81. The van der Waals surface area contributed by atoms with Crippen LogP contribution in [0.2, 0.25) is 5.02 Å². The van der Waals surface area contributed by atoms with E-state index in [1.54, 1.807) is 23.5 Å². The van der Waals surface area contributed by atoms with Crippen LogP contribution in [0, 0.1) is 0 Å². The second-order valence-electron chi connectivity index (χ2n) is 8.88. The third kappa shape index (κ3) is 10.9. The van der Waals surface area contributed by atoms with Crippen LogP contribution in [-0.2, 0) is 0 Å². The largest absolute Gasteiger partial charge is 0.355 e. The average Bonchev–Trinajstić information content (AvgIpc) is 2.94. The van der Waals surface area contributed by atoms with Gasteiger partial charge in [0.25, 0.3) is 0 Å².